The molecule has 2 aromatic rings. The number of morpholine rings is 1. The third-order valence-corrected chi connectivity index (χ3v) is 5.56. The Kier molecular flexibility index (Phi) is 4.60. The Labute approximate surface area is 145 Å². The van der Waals surface area contributed by atoms with Crippen LogP contribution in [-0.2, 0) is 16.1 Å². The Hall–Kier alpha value is -1.76. The summed E-state index contributed by atoms with van der Waals surface area (Å²) < 4.78 is 12.0. The molecule has 0 N–H and O–H groups in total. The van der Waals surface area contributed by atoms with Gasteiger partial charge in [0.05, 0.1) is 35.9 Å². The van der Waals surface area contributed by atoms with Crippen LogP contribution in [0.2, 0.25) is 0 Å². The molecular weight excluding hydrogens is 324 g/mol. The van der Waals surface area contributed by atoms with Crippen LogP contribution >= 0.6 is 11.3 Å². The molecule has 6 heteroatoms. The largest absolute Gasteiger partial charge is 0.372 e. The summed E-state index contributed by atoms with van der Waals surface area (Å²) in [5, 5.41) is 1.94. The maximum absolute atomic E-state index is 12.7. The number of amides is 1. The molecule has 5 nitrogen and oxygen atoms in total. The number of hydrogen-bond acceptors (Lipinski definition) is 5. The predicted molar refractivity (Wildman–Crippen MR) is 90.9 cm³/mol. The average Bonchev–Trinajstić information content (AvgIpc) is 3.30. The first-order chi connectivity index (χ1) is 11.8. The van der Waals surface area contributed by atoms with Crippen LogP contribution in [0.4, 0.5) is 0 Å². The number of ether oxygens (including phenoxy) is 2. The second-order valence-corrected chi connectivity index (χ2v) is 7.07. The maximum atomic E-state index is 12.7. The molecule has 0 bridgehead atoms. The zero-order valence-corrected chi connectivity index (χ0v) is 14.2. The van der Waals surface area contributed by atoms with Gasteiger partial charge in [-0.05, 0) is 36.4 Å². The van der Waals surface area contributed by atoms with Gasteiger partial charge in [0.2, 0.25) is 0 Å². The second-order valence-electron chi connectivity index (χ2n) is 6.13. The fourth-order valence-corrected chi connectivity index (χ4v) is 4.24. The number of carbonyl (C=O) groups excluding carboxylic acids is 1. The summed E-state index contributed by atoms with van der Waals surface area (Å²) in [6.45, 7) is 1.71. The Morgan fingerprint density at radius 1 is 1.33 bits per heavy atom. The number of nitrogens with zero attached hydrogens (tertiary/aromatic N) is 2. The highest BCUT2D eigenvalue weighted by Gasteiger charge is 2.45. The van der Waals surface area contributed by atoms with Gasteiger partial charge in [-0.15, -0.1) is 11.3 Å². The van der Waals surface area contributed by atoms with E-state index < -0.39 is 0 Å². The lowest BCUT2D eigenvalue weighted by Gasteiger charge is -2.38. The summed E-state index contributed by atoms with van der Waals surface area (Å²) in [4.78, 5) is 19.8. The van der Waals surface area contributed by atoms with Gasteiger partial charge in [-0.3, -0.25) is 9.78 Å². The van der Waals surface area contributed by atoms with Crippen molar-refractivity contribution in [3.05, 3.63) is 52.5 Å². The van der Waals surface area contributed by atoms with Crippen molar-refractivity contribution in [3.8, 4) is 0 Å². The van der Waals surface area contributed by atoms with Crippen LogP contribution in [0, 0.1) is 0 Å². The number of rotatable bonds is 4. The molecule has 1 aliphatic heterocycles. The lowest BCUT2D eigenvalue weighted by molar-refractivity contribution is -0.108. The van der Waals surface area contributed by atoms with Gasteiger partial charge in [-0.2, -0.15) is 0 Å². The quantitative estimate of drug-likeness (QED) is 0.856. The Morgan fingerprint density at radius 2 is 2.29 bits per heavy atom. The second kappa shape index (κ2) is 7.01. The van der Waals surface area contributed by atoms with E-state index in [1.807, 2.05) is 40.6 Å². The van der Waals surface area contributed by atoms with Crippen LogP contribution in [0.15, 0.2) is 41.9 Å². The van der Waals surface area contributed by atoms with E-state index in [0.717, 1.165) is 23.4 Å². The van der Waals surface area contributed by atoms with Gasteiger partial charge in [-0.1, -0.05) is 12.1 Å². The highest BCUT2D eigenvalue weighted by atomic mass is 32.1. The Balaban J connectivity index is 1.42. The first kappa shape index (κ1) is 15.7. The molecule has 4 rings (SSSR count). The minimum Gasteiger partial charge on any atom is -0.372 e. The highest BCUT2D eigenvalue weighted by molar-refractivity contribution is 7.12. The van der Waals surface area contributed by atoms with Gasteiger partial charge < -0.3 is 14.4 Å². The normalized spacial score (nSPS) is 26.3. The Bertz CT molecular complexity index is 677. The van der Waals surface area contributed by atoms with Crippen molar-refractivity contribution < 1.29 is 14.3 Å². The van der Waals surface area contributed by atoms with Crippen molar-refractivity contribution >= 4 is 17.2 Å². The molecule has 2 aromatic heterocycles. The first-order valence-electron chi connectivity index (χ1n) is 8.30. The summed E-state index contributed by atoms with van der Waals surface area (Å²) in [5.41, 5.74) is 0.920. The van der Waals surface area contributed by atoms with Crippen molar-refractivity contribution in [2.24, 2.45) is 0 Å². The standard InChI is InChI=1S/C18H20N2O3S/c21-18(16-5-3-11-24-16)20-9-10-22-17-14(20)6-7-15(17)23-12-13-4-1-2-8-19-13/h1-5,8,11,14-15,17H,6-7,9-10,12H2/t14-,15+,17+/m0/s1. The number of hydrogen-bond donors (Lipinski definition) is 0. The van der Waals surface area contributed by atoms with E-state index >= 15 is 0 Å². The number of fused-ring (bicyclic) bond motifs is 1. The molecule has 0 aromatic carbocycles. The van der Waals surface area contributed by atoms with Crippen molar-refractivity contribution in [2.75, 3.05) is 13.2 Å². The zero-order chi connectivity index (χ0) is 16.4. The van der Waals surface area contributed by atoms with Crippen LogP contribution in [0.1, 0.15) is 28.2 Å². The van der Waals surface area contributed by atoms with Gasteiger partial charge in [0, 0.05) is 12.7 Å². The van der Waals surface area contributed by atoms with Gasteiger partial charge in [-0.25, -0.2) is 0 Å². The number of pyridine rings is 1. The average molecular weight is 344 g/mol. The van der Waals surface area contributed by atoms with Crippen LogP contribution in [0.5, 0.6) is 0 Å². The molecule has 24 heavy (non-hydrogen) atoms. The van der Waals surface area contributed by atoms with Crippen LogP contribution in [-0.4, -0.2) is 47.2 Å². The van der Waals surface area contributed by atoms with Crippen LogP contribution in [0.25, 0.3) is 0 Å². The maximum Gasteiger partial charge on any atom is 0.264 e. The Morgan fingerprint density at radius 3 is 3.08 bits per heavy atom. The smallest absolute Gasteiger partial charge is 0.264 e. The molecule has 3 atom stereocenters. The fourth-order valence-electron chi connectivity index (χ4n) is 3.56. The fraction of sp³-hybridized carbons (Fsp3) is 0.444. The van der Waals surface area contributed by atoms with Crippen molar-refractivity contribution in [1.29, 1.82) is 0 Å². The lowest BCUT2D eigenvalue weighted by Crippen LogP contribution is -2.53. The summed E-state index contributed by atoms with van der Waals surface area (Å²) in [5.74, 6) is 0.119. The van der Waals surface area contributed by atoms with Crippen LogP contribution in [0.3, 0.4) is 0 Å². The van der Waals surface area contributed by atoms with Gasteiger partial charge in [0.25, 0.3) is 5.91 Å². The zero-order valence-electron chi connectivity index (χ0n) is 13.3. The van der Waals surface area contributed by atoms with E-state index in [9.17, 15) is 4.79 Å². The van der Waals surface area contributed by atoms with Gasteiger partial charge >= 0.3 is 0 Å². The molecular formula is C18H20N2O3S. The summed E-state index contributed by atoms with van der Waals surface area (Å²) in [6.07, 6.45) is 3.60. The summed E-state index contributed by atoms with van der Waals surface area (Å²) >= 11 is 1.50. The number of carbonyl (C=O) groups is 1. The molecule has 1 saturated carbocycles. The van der Waals surface area contributed by atoms with E-state index in [1.54, 1.807) is 6.20 Å². The number of thiophene rings is 1. The first-order valence-corrected chi connectivity index (χ1v) is 9.18. The molecule has 126 valence electrons. The molecule has 0 radical (unpaired) electrons. The molecule has 2 fully saturated rings. The van der Waals surface area contributed by atoms with Crippen molar-refractivity contribution in [2.45, 2.75) is 37.7 Å². The topological polar surface area (TPSA) is 51.7 Å². The van der Waals surface area contributed by atoms with Crippen molar-refractivity contribution in [3.63, 3.8) is 0 Å². The monoisotopic (exact) mass is 344 g/mol. The molecule has 2 aliphatic rings. The summed E-state index contributed by atoms with van der Waals surface area (Å²) in [6, 6.07) is 9.74. The molecule has 1 saturated heterocycles. The molecule has 0 unspecified atom stereocenters. The highest BCUT2D eigenvalue weighted by Crippen LogP contribution is 2.33. The third-order valence-electron chi connectivity index (χ3n) is 4.70. The van der Waals surface area contributed by atoms with Gasteiger partial charge in [0.1, 0.15) is 6.10 Å². The van der Waals surface area contributed by atoms with E-state index in [0.29, 0.717) is 19.8 Å². The molecule has 1 amide bonds. The molecule has 1 aliphatic carbocycles. The predicted octanol–water partition coefficient (Wildman–Crippen LogP) is 2.73. The minimum absolute atomic E-state index is 0.0240. The van der Waals surface area contributed by atoms with Crippen molar-refractivity contribution in [1.82, 2.24) is 9.88 Å². The lowest BCUT2D eigenvalue weighted by atomic mass is 10.1. The van der Waals surface area contributed by atoms with E-state index in [1.165, 1.54) is 11.3 Å². The molecule has 0 spiro atoms. The third kappa shape index (κ3) is 3.09. The minimum atomic E-state index is -0.0358. The van der Waals surface area contributed by atoms with E-state index in [4.69, 9.17) is 9.47 Å². The molecule has 3 heterocycles. The van der Waals surface area contributed by atoms with E-state index in [2.05, 4.69) is 4.98 Å². The summed E-state index contributed by atoms with van der Waals surface area (Å²) in [7, 11) is 0. The van der Waals surface area contributed by atoms with Crippen LogP contribution < -0.4 is 0 Å². The SMILES string of the molecule is O=C(c1cccs1)N1CCO[C@H]2[C@H](OCc3ccccn3)CC[C@@H]21. The number of aromatic nitrogens is 1. The van der Waals surface area contributed by atoms with Gasteiger partial charge in [0.15, 0.2) is 0 Å². The van der Waals surface area contributed by atoms with E-state index in [-0.39, 0.29) is 24.2 Å².